The number of aromatic nitrogens is 1. The summed E-state index contributed by atoms with van der Waals surface area (Å²) in [5.41, 5.74) is 1.69. The van der Waals surface area contributed by atoms with E-state index in [1.54, 1.807) is 6.07 Å². The summed E-state index contributed by atoms with van der Waals surface area (Å²) in [6, 6.07) is 1.76. The molecule has 0 aliphatic heterocycles. The van der Waals surface area contributed by atoms with Crippen molar-refractivity contribution in [1.82, 2.24) is 4.98 Å². The predicted octanol–water partition coefficient (Wildman–Crippen LogP) is 3.99. The Bertz CT molecular complexity index is 326. The molecule has 72 valence electrons. The lowest BCUT2D eigenvalue weighted by atomic mass is 9.91. The molecule has 0 amide bonds. The number of hydrogen-bond donors (Lipinski definition) is 0. The molecule has 0 unspecified atom stereocenters. The molecule has 0 radical (unpaired) electrons. The van der Waals surface area contributed by atoms with Gasteiger partial charge in [-0.3, -0.25) is 4.98 Å². The van der Waals surface area contributed by atoms with E-state index in [1.807, 2.05) is 6.92 Å². The minimum absolute atomic E-state index is 0.0353. The van der Waals surface area contributed by atoms with Gasteiger partial charge in [0.2, 0.25) is 0 Å². The first-order valence-electron chi connectivity index (χ1n) is 4.15. The normalized spacial score (nSPS) is 11.8. The Morgan fingerprint density at radius 1 is 1.15 bits per heavy atom. The van der Waals surface area contributed by atoms with Gasteiger partial charge in [0.15, 0.2) is 0 Å². The molecule has 0 atom stereocenters. The standard InChI is InChI=1S/C10H13Cl2N/c1-6-7(11)5-8(12)9(13-6)10(2,3)4/h5H,1-4H3. The number of aryl methyl sites for hydroxylation is 1. The fraction of sp³-hybridized carbons (Fsp3) is 0.500. The first kappa shape index (κ1) is 10.8. The molecule has 1 heterocycles. The van der Waals surface area contributed by atoms with Crippen LogP contribution < -0.4 is 0 Å². The number of nitrogens with zero attached hydrogens (tertiary/aromatic N) is 1. The molecule has 0 saturated heterocycles. The second-order valence-electron chi connectivity index (χ2n) is 4.14. The average molecular weight is 218 g/mol. The molecule has 0 aromatic carbocycles. The largest absolute Gasteiger partial charge is 0.255 e. The van der Waals surface area contributed by atoms with Crippen LogP contribution in [0.2, 0.25) is 10.0 Å². The fourth-order valence-electron chi connectivity index (χ4n) is 1.08. The third-order valence-corrected chi connectivity index (χ3v) is 2.49. The third kappa shape index (κ3) is 2.35. The van der Waals surface area contributed by atoms with Gasteiger partial charge in [0.1, 0.15) is 0 Å². The summed E-state index contributed by atoms with van der Waals surface area (Å²) < 4.78 is 0. The smallest absolute Gasteiger partial charge is 0.0647 e. The zero-order valence-corrected chi connectivity index (χ0v) is 9.79. The van der Waals surface area contributed by atoms with Crippen molar-refractivity contribution in [2.24, 2.45) is 0 Å². The summed E-state index contributed by atoms with van der Waals surface area (Å²) in [5, 5.41) is 1.26. The van der Waals surface area contributed by atoms with E-state index in [0.29, 0.717) is 10.0 Å². The van der Waals surface area contributed by atoms with E-state index in [0.717, 1.165) is 11.4 Å². The monoisotopic (exact) mass is 217 g/mol. The minimum atomic E-state index is -0.0353. The summed E-state index contributed by atoms with van der Waals surface area (Å²) in [6.45, 7) is 8.12. The number of hydrogen-bond acceptors (Lipinski definition) is 1. The molecule has 1 rings (SSSR count). The Morgan fingerprint density at radius 2 is 1.69 bits per heavy atom. The first-order chi connectivity index (χ1) is 5.82. The highest BCUT2D eigenvalue weighted by atomic mass is 35.5. The molecule has 0 N–H and O–H groups in total. The van der Waals surface area contributed by atoms with Crippen LogP contribution in [0, 0.1) is 6.92 Å². The summed E-state index contributed by atoms with van der Waals surface area (Å²) in [4.78, 5) is 4.38. The summed E-state index contributed by atoms with van der Waals surface area (Å²) in [5.74, 6) is 0. The highest BCUT2D eigenvalue weighted by Crippen LogP contribution is 2.30. The van der Waals surface area contributed by atoms with Crippen LogP contribution in [0.5, 0.6) is 0 Å². The van der Waals surface area contributed by atoms with Crippen LogP contribution in [-0.4, -0.2) is 4.98 Å². The lowest BCUT2D eigenvalue weighted by molar-refractivity contribution is 0.567. The first-order valence-corrected chi connectivity index (χ1v) is 4.91. The van der Waals surface area contributed by atoms with Crippen molar-refractivity contribution >= 4 is 23.2 Å². The maximum absolute atomic E-state index is 6.04. The van der Waals surface area contributed by atoms with Gasteiger partial charge < -0.3 is 0 Å². The van der Waals surface area contributed by atoms with Gasteiger partial charge in [-0.25, -0.2) is 0 Å². The molecule has 1 aromatic rings. The Kier molecular flexibility index (Phi) is 2.88. The quantitative estimate of drug-likeness (QED) is 0.641. The molecule has 0 saturated carbocycles. The van der Waals surface area contributed by atoms with Crippen LogP contribution in [0.25, 0.3) is 0 Å². The zero-order chi connectivity index (χ0) is 10.2. The fourth-order valence-corrected chi connectivity index (χ4v) is 1.73. The van der Waals surface area contributed by atoms with E-state index >= 15 is 0 Å². The second kappa shape index (κ2) is 3.47. The van der Waals surface area contributed by atoms with Crippen molar-refractivity contribution in [3.8, 4) is 0 Å². The van der Waals surface area contributed by atoms with Gasteiger partial charge in [-0.05, 0) is 13.0 Å². The number of rotatable bonds is 0. The van der Waals surface area contributed by atoms with E-state index in [9.17, 15) is 0 Å². The third-order valence-electron chi connectivity index (χ3n) is 1.82. The van der Waals surface area contributed by atoms with Crippen molar-refractivity contribution in [3.05, 3.63) is 27.5 Å². The van der Waals surface area contributed by atoms with E-state index in [-0.39, 0.29) is 5.41 Å². The van der Waals surface area contributed by atoms with Gasteiger partial charge in [0.05, 0.1) is 21.4 Å². The average Bonchev–Trinajstić information content (AvgIpc) is 1.94. The number of halogens is 2. The topological polar surface area (TPSA) is 12.9 Å². The van der Waals surface area contributed by atoms with Crippen molar-refractivity contribution in [3.63, 3.8) is 0 Å². The van der Waals surface area contributed by atoms with Gasteiger partial charge in [-0.1, -0.05) is 44.0 Å². The highest BCUT2D eigenvalue weighted by Gasteiger charge is 2.20. The number of pyridine rings is 1. The zero-order valence-electron chi connectivity index (χ0n) is 8.28. The van der Waals surface area contributed by atoms with E-state index in [2.05, 4.69) is 25.8 Å². The Balaban J connectivity index is 3.32. The van der Waals surface area contributed by atoms with Crippen molar-refractivity contribution in [1.29, 1.82) is 0 Å². The van der Waals surface area contributed by atoms with Crippen molar-refractivity contribution in [2.75, 3.05) is 0 Å². The van der Waals surface area contributed by atoms with Gasteiger partial charge in [-0.2, -0.15) is 0 Å². The Hall–Kier alpha value is -0.270. The van der Waals surface area contributed by atoms with Crippen LogP contribution in [0.1, 0.15) is 32.2 Å². The maximum atomic E-state index is 6.04. The van der Waals surface area contributed by atoms with Crippen molar-refractivity contribution in [2.45, 2.75) is 33.1 Å². The van der Waals surface area contributed by atoms with E-state index < -0.39 is 0 Å². The summed E-state index contributed by atoms with van der Waals surface area (Å²) >= 11 is 11.9. The van der Waals surface area contributed by atoms with Crippen LogP contribution >= 0.6 is 23.2 Å². The van der Waals surface area contributed by atoms with Crippen LogP contribution in [-0.2, 0) is 5.41 Å². The molecule has 0 aliphatic carbocycles. The molecule has 3 heteroatoms. The van der Waals surface area contributed by atoms with Gasteiger partial charge >= 0.3 is 0 Å². The lowest BCUT2D eigenvalue weighted by Gasteiger charge is -2.19. The van der Waals surface area contributed by atoms with Gasteiger partial charge in [-0.15, -0.1) is 0 Å². The summed E-state index contributed by atoms with van der Waals surface area (Å²) in [6.07, 6.45) is 0. The maximum Gasteiger partial charge on any atom is 0.0647 e. The predicted molar refractivity (Wildman–Crippen MR) is 57.7 cm³/mol. The van der Waals surface area contributed by atoms with Crippen molar-refractivity contribution < 1.29 is 0 Å². The van der Waals surface area contributed by atoms with Crippen LogP contribution in [0.4, 0.5) is 0 Å². The van der Waals surface area contributed by atoms with Gasteiger partial charge in [0.25, 0.3) is 0 Å². The Labute approximate surface area is 89.1 Å². The minimum Gasteiger partial charge on any atom is -0.255 e. The second-order valence-corrected chi connectivity index (χ2v) is 4.95. The van der Waals surface area contributed by atoms with E-state index in [4.69, 9.17) is 23.2 Å². The SMILES string of the molecule is Cc1nc(C(C)(C)C)c(Cl)cc1Cl. The Morgan fingerprint density at radius 3 is 2.15 bits per heavy atom. The van der Waals surface area contributed by atoms with Crippen LogP contribution in [0.15, 0.2) is 6.07 Å². The molecular weight excluding hydrogens is 205 g/mol. The molecule has 13 heavy (non-hydrogen) atoms. The summed E-state index contributed by atoms with van der Waals surface area (Å²) in [7, 11) is 0. The lowest BCUT2D eigenvalue weighted by Crippen LogP contribution is -2.14. The molecule has 0 fully saturated rings. The molecular formula is C10H13Cl2N. The molecule has 1 aromatic heterocycles. The van der Waals surface area contributed by atoms with Gasteiger partial charge in [0, 0.05) is 5.41 Å². The van der Waals surface area contributed by atoms with E-state index in [1.165, 1.54) is 0 Å². The van der Waals surface area contributed by atoms with Crippen LogP contribution in [0.3, 0.4) is 0 Å². The molecule has 0 aliphatic rings. The molecule has 1 nitrogen and oxygen atoms in total. The molecule has 0 spiro atoms. The molecule has 0 bridgehead atoms. The highest BCUT2D eigenvalue weighted by molar-refractivity contribution is 6.35.